The fourth-order valence-electron chi connectivity index (χ4n) is 1.14. The first kappa shape index (κ1) is 10.7. The molecule has 0 aliphatic heterocycles. The first-order chi connectivity index (χ1) is 6.44. The zero-order valence-corrected chi connectivity index (χ0v) is 9.09. The molecule has 3 nitrogen and oxygen atoms in total. The molecule has 0 saturated carbocycles. The van der Waals surface area contributed by atoms with Crippen molar-refractivity contribution in [2.45, 2.75) is 26.4 Å². The van der Waals surface area contributed by atoms with Crippen molar-refractivity contribution in [2.24, 2.45) is 0 Å². The van der Waals surface area contributed by atoms with E-state index in [0.717, 1.165) is 0 Å². The van der Waals surface area contributed by atoms with Crippen LogP contribution in [0.4, 0.5) is 5.69 Å². The molecule has 1 rings (SSSR count). The van der Waals surface area contributed by atoms with E-state index in [-0.39, 0.29) is 11.4 Å². The van der Waals surface area contributed by atoms with Gasteiger partial charge < -0.3 is 15.2 Å². The molecular formula is C11H17NO2. The number of phenolic OH excluding ortho intramolecular Hbond substituents is 1. The molecule has 14 heavy (non-hydrogen) atoms. The summed E-state index contributed by atoms with van der Waals surface area (Å²) >= 11 is 0. The number of anilines is 1. The molecule has 0 aliphatic carbocycles. The standard InChI is InChI=1S/C11H17NO2/c1-11(2,3)14-9-7-5-6-8(12-4)10(9)13/h5-7,12-13H,1-4H3. The topological polar surface area (TPSA) is 41.5 Å². The largest absolute Gasteiger partial charge is 0.503 e. The van der Waals surface area contributed by atoms with Gasteiger partial charge in [0.1, 0.15) is 5.60 Å². The van der Waals surface area contributed by atoms with Gasteiger partial charge in [-0.05, 0) is 32.9 Å². The Balaban J connectivity index is 2.98. The van der Waals surface area contributed by atoms with Crippen LogP contribution in [0.15, 0.2) is 18.2 Å². The van der Waals surface area contributed by atoms with Crippen LogP contribution in [0.1, 0.15) is 20.8 Å². The van der Waals surface area contributed by atoms with Crippen molar-refractivity contribution in [3.8, 4) is 11.5 Å². The van der Waals surface area contributed by atoms with Crippen molar-refractivity contribution >= 4 is 5.69 Å². The van der Waals surface area contributed by atoms with E-state index in [2.05, 4.69) is 5.32 Å². The minimum Gasteiger partial charge on any atom is -0.503 e. The monoisotopic (exact) mass is 195 g/mol. The molecule has 0 spiro atoms. The highest BCUT2D eigenvalue weighted by Crippen LogP contribution is 2.35. The number of aromatic hydroxyl groups is 1. The van der Waals surface area contributed by atoms with Gasteiger partial charge in [0.2, 0.25) is 0 Å². The van der Waals surface area contributed by atoms with Crippen molar-refractivity contribution < 1.29 is 9.84 Å². The zero-order chi connectivity index (χ0) is 10.8. The molecule has 1 aromatic rings. The minimum absolute atomic E-state index is 0.157. The van der Waals surface area contributed by atoms with Gasteiger partial charge in [-0.25, -0.2) is 0 Å². The second-order valence-electron chi connectivity index (χ2n) is 4.12. The van der Waals surface area contributed by atoms with Crippen molar-refractivity contribution in [1.82, 2.24) is 0 Å². The molecule has 0 unspecified atom stereocenters. The van der Waals surface area contributed by atoms with Crippen molar-refractivity contribution in [3.05, 3.63) is 18.2 Å². The molecule has 0 fully saturated rings. The average Bonchev–Trinajstić information content (AvgIpc) is 2.06. The Morgan fingerprint density at radius 3 is 2.43 bits per heavy atom. The lowest BCUT2D eigenvalue weighted by Crippen LogP contribution is -2.23. The molecule has 3 heteroatoms. The first-order valence-corrected chi connectivity index (χ1v) is 4.63. The Hall–Kier alpha value is -1.38. The highest BCUT2D eigenvalue weighted by Gasteiger charge is 2.15. The van der Waals surface area contributed by atoms with E-state index in [9.17, 15) is 5.11 Å². The summed E-state index contributed by atoms with van der Waals surface area (Å²) in [6, 6.07) is 5.39. The van der Waals surface area contributed by atoms with Gasteiger partial charge in [0.25, 0.3) is 0 Å². The van der Waals surface area contributed by atoms with Gasteiger partial charge in [-0.3, -0.25) is 0 Å². The predicted molar refractivity (Wildman–Crippen MR) is 58.0 cm³/mol. The molecule has 0 amide bonds. The van der Waals surface area contributed by atoms with E-state index in [1.54, 1.807) is 19.2 Å². The van der Waals surface area contributed by atoms with E-state index < -0.39 is 0 Å². The van der Waals surface area contributed by atoms with E-state index >= 15 is 0 Å². The number of ether oxygens (including phenoxy) is 1. The summed E-state index contributed by atoms with van der Waals surface area (Å²) in [6.45, 7) is 5.83. The van der Waals surface area contributed by atoms with Crippen LogP contribution in [-0.2, 0) is 0 Å². The number of rotatable bonds is 2. The average molecular weight is 195 g/mol. The van der Waals surface area contributed by atoms with Gasteiger partial charge in [-0.1, -0.05) is 6.07 Å². The van der Waals surface area contributed by atoms with Gasteiger partial charge >= 0.3 is 0 Å². The van der Waals surface area contributed by atoms with Crippen LogP contribution in [0, 0.1) is 0 Å². The molecule has 78 valence electrons. The van der Waals surface area contributed by atoms with Crippen LogP contribution in [0.3, 0.4) is 0 Å². The van der Waals surface area contributed by atoms with Crippen LogP contribution >= 0.6 is 0 Å². The van der Waals surface area contributed by atoms with Crippen molar-refractivity contribution in [1.29, 1.82) is 0 Å². The Bertz CT molecular complexity index is 316. The maximum atomic E-state index is 9.76. The van der Waals surface area contributed by atoms with Crippen molar-refractivity contribution in [2.75, 3.05) is 12.4 Å². The second kappa shape index (κ2) is 3.78. The third kappa shape index (κ3) is 2.55. The third-order valence-electron chi connectivity index (χ3n) is 1.68. The lowest BCUT2D eigenvalue weighted by molar-refractivity contribution is 0.126. The summed E-state index contributed by atoms with van der Waals surface area (Å²) in [7, 11) is 1.76. The molecule has 2 N–H and O–H groups in total. The quantitative estimate of drug-likeness (QED) is 0.713. The third-order valence-corrected chi connectivity index (χ3v) is 1.68. The maximum absolute atomic E-state index is 9.76. The number of phenols is 1. The number of benzene rings is 1. The van der Waals surface area contributed by atoms with Crippen LogP contribution in [0.25, 0.3) is 0 Å². The highest BCUT2D eigenvalue weighted by atomic mass is 16.5. The Kier molecular flexibility index (Phi) is 2.89. The van der Waals surface area contributed by atoms with Gasteiger partial charge in [0.05, 0.1) is 5.69 Å². The zero-order valence-electron chi connectivity index (χ0n) is 9.09. The number of hydrogen-bond donors (Lipinski definition) is 2. The lowest BCUT2D eigenvalue weighted by Gasteiger charge is -2.22. The molecule has 0 atom stereocenters. The molecule has 0 radical (unpaired) electrons. The normalized spacial score (nSPS) is 11.1. The number of para-hydroxylation sites is 1. The maximum Gasteiger partial charge on any atom is 0.181 e. The molecule has 0 saturated heterocycles. The van der Waals surface area contributed by atoms with Crippen LogP contribution < -0.4 is 10.1 Å². The molecule has 0 bridgehead atoms. The predicted octanol–water partition coefficient (Wildman–Crippen LogP) is 2.61. The van der Waals surface area contributed by atoms with Crippen molar-refractivity contribution in [3.63, 3.8) is 0 Å². The van der Waals surface area contributed by atoms with Gasteiger partial charge in [0.15, 0.2) is 11.5 Å². The Morgan fingerprint density at radius 1 is 1.29 bits per heavy atom. The SMILES string of the molecule is CNc1cccc(OC(C)(C)C)c1O. The van der Waals surface area contributed by atoms with Crippen LogP contribution in [-0.4, -0.2) is 17.8 Å². The molecule has 1 aromatic carbocycles. The van der Waals surface area contributed by atoms with Crippen LogP contribution in [0.5, 0.6) is 11.5 Å². The fraction of sp³-hybridized carbons (Fsp3) is 0.455. The van der Waals surface area contributed by atoms with E-state index in [1.807, 2.05) is 26.8 Å². The highest BCUT2D eigenvalue weighted by molar-refractivity contribution is 5.61. The molecular weight excluding hydrogens is 178 g/mol. The second-order valence-corrected chi connectivity index (χ2v) is 4.12. The number of hydrogen-bond acceptors (Lipinski definition) is 3. The Morgan fingerprint density at radius 2 is 1.93 bits per heavy atom. The lowest BCUT2D eigenvalue weighted by atomic mass is 10.2. The smallest absolute Gasteiger partial charge is 0.181 e. The molecule has 0 aromatic heterocycles. The summed E-state index contributed by atoms with van der Waals surface area (Å²) in [5, 5.41) is 12.7. The van der Waals surface area contributed by atoms with E-state index in [0.29, 0.717) is 11.4 Å². The van der Waals surface area contributed by atoms with E-state index in [4.69, 9.17) is 4.74 Å². The van der Waals surface area contributed by atoms with Gasteiger partial charge in [-0.2, -0.15) is 0 Å². The molecule has 0 heterocycles. The summed E-state index contributed by atoms with van der Waals surface area (Å²) in [4.78, 5) is 0. The summed E-state index contributed by atoms with van der Waals surface area (Å²) in [5.41, 5.74) is 0.371. The van der Waals surface area contributed by atoms with E-state index in [1.165, 1.54) is 0 Å². The first-order valence-electron chi connectivity index (χ1n) is 4.63. The minimum atomic E-state index is -0.302. The number of nitrogens with one attached hydrogen (secondary N) is 1. The summed E-state index contributed by atoms with van der Waals surface area (Å²) in [6.07, 6.45) is 0. The molecule has 0 aliphatic rings. The fourth-order valence-corrected chi connectivity index (χ4v) is 1.14. The summed E-state index contributed by atoms with van der Waals surface area (Å²) < 4.78 is 5.58. The summed E-state index contributed by atoms with van der Waals surface area (Å²) in [5.74, 6) is 0.661. The van der Waals surface area contributed by atoms with Gasteiger partial charge in [-0.15, -0.1) is 0 Å². The van der Waals surface area contributed by atoms with Gasteiger partial charge in [0, 0.05) is 7.05 Å². The van der Waals surface area contributed by atoms with Crippen LogP contribution in [0.2, 0.25) is 0 Å². The Labute approximate surface area is 84.7 Å².